The summed E-state index contributed by atoms with van der Waals surface area (Å²) in [6.45, 7) is 2.12. The summed E-state index contributed by atoms with van der Waals surface area (Å²) < 4.78 is 0. The predicted molar refractivity (Wildman–Crippen MR) is 134 cm³/mol. The molecule has 4 heterocycles. The maximum absolute atomic E-state index is 4.60. The Bertz CT molecular complexity index is 1240. The van der Waals surface area contributed by atoms with Crippen molar-refractivity contribution in [2.75, 3.05) is 13.1 Å². The number of rotatable bonds is 4. The Hall–Kier alpha value is -3.66. The second kappa shape index (κ2) is 9.30. The number of aromatic amines is 2. The van der Waals surface area contributed by atoms with Gasteiger partial charge >= 0.3 is 0 Å². The monoisotopic (exact) mass is 448 g/mol. The predicted octanol–water partition coefficient (Wildman–Crippen LogP) is 4.72. The first-order valence-corrected chi connectivity index (χ1v) is 12.1. The van der Waals surface area contributed by atoms with Crippen molar-refractivity contribution >= 4 is 0 Å². The molecule has 0 aliphatic carbocycles. The second-order valence-corrected chi connectivity index (χ2v) is 9.07. The van der Waals surface area contributed by atoms with Crippen molar-refractivity contribution in [3.8, 4) is 34.4 Å². The van der Waals surface area contributed by atoms with Gasteiger partial charge < -0.3 is 20.6 Å². The van der Waals surface area contributed by atoms with Gasteiger partial charge in [0.25, 0.3) is 0 Å². The molecule has 6 nitrogen and oxygen atoms in total. The van der Waals surface area contributed by atoms with Gasteiger partial charge in [-0.15, -0.1) is 0 Å². The molecule has 2 saturated heterocycles. The molecule has 34 heavy (non-hydrogen) atoms. The van der Waals surface area contributed by atoms with Gasteiger partial charge in [0.1, 0.15) is 11.6 Å². The highest BCUT2D eigenvalue weighted by Gasteiger charge is 2.20. The smallest absolute Gasteiger partial charge is 0.123 e. The van der Waals surface area contributed by atoms with Crippen LogP contribution in [0.5, 0.6) is 0 Å². The van der Waals surface area contributed by atoms with E-state index in [0.717, 1.165) is 71.2 Å². The van der Waals surface area contributed by atoms with E-state index in [1.54, 1.807) is 0 Å². The zero-order chi connectivity index (χ0) is 22.7. The summed E-state index contributed by atoms with van der Waals surface area (Å²) >= 11 is 0. The molecule has 170 valence electrons. The molecule has 6 rings (SSSR count). The largest absolute Gasteiger partial charge is 0.341 e. The molecular weight excluding hydrogens is 420 g/mol. The summed E-state index contributed by atoms with van der Waals surface area (Å²) in [4.78, 5) is 16.2. The number of aromatic nitrogens is 4. The highest BCUT2D eigenvalue weighted by Crippen LogP contribution is 2.26. The molecule has 6 heteroatoms. The lowest BCUT2D eigenvalue weighted by Crippen LogP contribution is -2.14. The van der Waals surface area contributed by atoms with Gasteiger partial charge in [-0.25, -0.2) is 9.97 Å². The molecule has 0 spiro atoms. The first-order valence-electron chi connectivity index (χ1n) is 12.1. The maximum atomic E-state index is 4.60. The fourth-order valence-electron chi connectivity index (χ4n) is 4.83. The van der Waals surface area contributed by atoms with Gasteiger partial charge in [0, 0.05) is 22.3 Å². The molecule has 0 bridgehead atoms. The summed E-state index contributed by atoms with van der Waals surface area (Å²) in [6.07, 6.45) is 8.51. The summed E-state index contributed by atoms with van der Waals surface area (Å²) in [5.74, 6) is 8.70. The molecule has 0 saturated carbocycles. The average molecular weight is 449 g/mol. The number of benzene rings is 2. The maximum Gasteiger partial charge on any atom is 0.123 e. The van der Waals surface area contributed by atoms with Gasteiger partial charge in [-0.3, -0.25) is 0 Å². The van der Waals surface area contributed by atoms with Crippen LogP contribution in [-0.4, -0.2) is 33.0 Å². The van der Waals surface area contributed by atoms with E-state index in [-0.39, 0.29) is 0 Å². The average Bonchev–Trinajstić information content (AvgIpc) is 3.70. The van der Waals surface area contributed by atoms with E-state index in [4.69, 9.17) is 0 Å². The molecule has 2 aromatic carbocycles. The lowest BCUT2D eigenvalue weighted by atomic mass is 10.1. The van der Waals surface area contributed by atoms with Crippen LogP contribution in [0.4, 0.5) is 0 Å². The minimum absolute atomic E-state index is 0.337. The van der Waals surface area contributed by atoms with Crippen LogP contribution in [0, 0.1) is 11.8 Å². The van der Waals surface area contributed by atoms with Gasteiger partial charge in [-0.05, 0) is 63.0 Å². The summed E-state index contributed by atoms with van der Waals surface area (Å²) in [5.41, 5.74) is 6.22. The summed E-state index contributed by atoms with van der Waals surface area (Å²) in [6, 6.07) is 17.3. The lowest BCUT2D eigenvalue weighted by Gasteiger charge is -2.05. The van der Waals surface area contributed by atoms with E-state index < -0.39 is 0 Å². The molecule has 0 radical (unpaired) electrons. The Morgan fingerprint density at radius 3 is 1.62 bits per heavy atom. The highest BCUT2D eigenvalue weighted by molar-refractivity contribution is 5.63. The van der Waals surface area contributed by atoms with Gasteiger partial charge in [-0.1, -0.05) is 36.1 Å². The number of nitrogens with one attached hydrogen (secondary N) is 4. The Morgan fingerprint density at radius 2 is 1.18 bits per heavy atom. The van der Waals surface area contributed by atoms with Crippen LogP contribution < -0.4 is 10.6 Å². The first kappa shape index (κ1) is 20.9. The normalized spacial score (nSPS) is 19.8. The minimum atomic E-state index is 0.337. The lowest BCUT2D eigenvalue weighted by molar-refractivity contribution is 0.613. The molecule has 4 N–H and O–H groups in total. The molecular formula is C28H28N6. The van der Waals surface area contributed by atoms with E-state index in [1.807, 2.05) is 36.7 Å². The van der Waals surface area contributed by atoms with E-state index >= 15 is 0 Å². The first-order chi connectivity index (χ1) is 16.8. The van der Waals surface area contributed by atoms with E-state index in [2.05, 4.69) is 66.7 Å². The van der Waals surface area contributed by atoms with Crippen molar-refractivity contribution in [2.45, 2.75) is 37.8 Å². The van der Waals surface area contributed by atoms with Crippen LogP contribution in [0.3, 0.4) is 0 Å². The Labute approximate surface area is 199 Å². The van der Waals surface area contributed by atoms with Crippen molar-refractivity contribution in [3.63, 3.8) is 0 Å². The molecule has 2 fully saturated rings. The second-order valence-electron chi connectivity index (χ2n) is 9.07. The van der Waals surface area contributed by atoms with E-state index in [9.17, 15) is 0 Å². The molecule has 2 aromatic heterocycles. The van der Waals surface area contributed by atoms with Crippen molar-refractivity contribution in [1.29, 1.82) is 0 Å². The van der Waals surface area contributed by atoms with Crippen molar-refractivity contribution in [1.82, 2.24) is 30.6 Å². The number of imidazole rings is 2. The van der Waals surface area contributed by atoms with E-state index in [1.165, 1.54) is 12.8 Å². The number of hydrogen-bond donors (Lipinski definition) is 4. The van der Waals surface area contributed by atoms with Gasteiger partial charge in [0.05, 0.1) is 35.9 Å². The topological polar surface area (TPSA) is 81.4 Å². The molecule has 2 atom stereocenters. The Balaban J connectivity index is 1.20. The minimum Gasteiger partial charge on any atom is -0.341 e. The molecule has 2 aliphatic rings. The molecule has 0 unspecified atom stereocenters. The zero-order valence-electron chi connectivity index (χ0n) is 19.1. The van der Waals surface area contributed by atoms with Crippen LogP contribution >= 0.6 is 0 Å². The third kappa shape index (κ3) is 4.41. The fraction of sp³-hybridized carbons (Fsp3) is 0.286. The third-order valence-corrected chi connectivity index (χ3v) is 6.67. The molecule has 2 aliphatic heterocycles. The van der Waals surface area contributed by atoms with Crippen LogP contribution in [0.25, 0.3) is 22.5 Å². The zero-order valence-corrected chi connectivity index (χ0v) is 19.1. The number of H-pyrrole nitrogens is 2. The summed E-state index contributed by atoms with van der Waals surface area (Å²) in [7, 11) is 0. The van der Waals surface area contributed by atoms with Crippen LogP contribution in [0.2, 0.25) is 0 Å². The summed E-state index contributed by atoms with van der Waals surface area (Å²) in [5, 5.41) is 6.99. The quantitative estimate of drug-likeness (QED) is 0.341. The van der Waals surface area contributed by atoms with Gasteiger partial charge in [-0.2, -0.15) is 0 Å². The van der Waals surface area contributed by atoms with Crippen molar-refractivity contribution in [3.05, 3.63) is 83.7 Å². The highest BCUT2D eigenvalue weighted by atomic mass is 15.0. The van der Waals surface area contributed by atoms with E-state index in [0.29, 0.717) is 12.1 Å². The fourth-order valence-corrected chi connectivity index (χ4v) is 4.83. The van der Waals surface area contributed by atoms with Crippen LogP contribution in [0.1, 0.15) is 60.5 Å². The third-order valence-electron chi connectivity index (χ3n) is 6.67. The standard InChI is InChI=1S/C28H28N6/c1-5-19(15-21(7-1)25-17-31-27(33-25)23-9-3-13-29-23)11-12-20-6-2-8-22(16-20)26-18-32-28(34-26)24-10-4-14-30-24/h1-2,5-8,15-18,23-24,29-30H,3-4,9-10,13-14H2,(H,31,33)(H,32,34)/t23-,24-/m0/s1. The van der Waals surface area contributed by atoms with Crippen molar-refractivity contribution < 1.29 is 0 Å². The molecule has 4 aromatic rings. The van der Waals surface area contributed by atoms with Crippen LogP contribution in [-0.2, 0) is 0 Å². The SMILES string of the molecule is C(#Cc1cccc(-c2cnc([C@@H]3CCCN3)[nH]2)c1)c1cccc(-c2cnc([C@@H]3CCCN3)[nH]2)c1. The van der Waals surface area contributed by atoms with Gasteiger partial charge in [0.2, 0.25) is 0 Å². The van der Waals surface area contributed by atoms with Crippen LogP contribution in [0.15, 0.2) is 60.9 Å². The van der Waals surface area contributed by atoms with Crippen molar-refractivity contribution in [2.24, 2.45) is 0 Å². The molecule has 0 amide bonds. The van der Waals surface area contributed by atoms with Gasteiger partial charge in [0.15, 0.2) is 0 Å². The Kier molecular flexibility index (Phi) is 5.72. The number of nitrogens with zero attached hydrogens (tertiary/aromatic N) is 2. The Morgan fingerprint density at radius 1 is 0.676 bits per heavy atom. The number of hydrogen-bond acceptors (Lipinski definition) is 4.